The van der Waals surface area contributed by atoms with Crippen LogP contribution in [0, 0.1) is 0 Å². The first-order valence-corrected chi connectivity index (χ1v) is 4.65. The van der Waals surface area contributed by atoms with Crippen LogP contribution in [0.25, 0.3) is 0 Å². The molecule has 0 aliphatic carbocycles. The normalized spacial score (nSPS) is 12.0. The zero-order valence-corrected chi connectivity index (χ0v) is 7.77. The van der Waals surface area contributed by atoms with Crippen LogP contribution in [0.15, 0.2) is 11.8 Å². The minimum Gasteiger partial charge on any atom is -0.513 e. The number of hydrogen-bond acceptors (Lipinski definition) is 1. The number of aliphatic hydroxyl groups excluding tert-OH is 1. The molecule has 1 N–H and O–H groups in total. The van der Waals surface area contributed by atoms with Crippen LogP contribution in [0.1, 0.15) is 52.4 Å². The third kappa shape index (κ3) is 7.44. The van der Waals surface area contributed by atoms with Gasteiger partial charge < -0.3 is 5.11 Å². The predicted molar refractivity (Wildman–Crippen MR) is 49.8 cm³/mol. The Morgan fingerprint density at radius 1 is 1.18 bits per heavy atom. The lowest BCUT2D eigenvalue weighted by Gasteiger charge is -1.98. The Bertz CT molecular complexity index is 105. The summed E-state index contributed by atoms with van der Waals surface area (Å²) in [7, 11) is 0. The molecular weight excluding hydrogens is 136 g/mol. The first-order chi connectivity index (χ1) is 5.31. The fraction of sp³-hybridized carbons (Fsp3) is 0.800. The van der Waals surface area contributed by atoms with Gasteiger partial charge >= 0.3 is 0 Å². The van der Waals surface area contributed by atoms with Crippen LogP contribution in [-0.4, -0.2) is 5.11 Å². The smallest absolute Gasteiger partial charge is 0.0880 e. The summed E-state index contributed by atoms with van der Waals surface area (Å²) in [6.07, 6.45) is 8.96. The molecule has 0 aromatic heterocycles. The molecule has 0 saturated heterocycles. The van der Waals surface area contributed by atoms with Gasteiger partial charge in [-0.1, -0.05) is 32.6 Å². The molecule has 0 saturated carbocycles. The van der Waals surface area contributed by atoms with E-state index in [-0.39, 0.29) is 0 Å². The van der Waals surface area contributed by atoms with Gasteiger partial charge in [-0.15, -0.1) is 0 Å². The Morgan fingerprint density at radius 2 is 1.82 bits per heavy atom. The molecule has 11 heavy (non-hydrogen) atoms. The first-order valence-electron chi connectivity index (χ1n) is 4.65. The van der Waals surface area contributed by atoms with Crippen molar-refractivity contribution in [1.82, 2.24) is 0 Å². The lowest BCUT2D eigenvalue weighted by molar-refractivity contribution is 0.379. The van der Waals surface area contributed by atoms with Crippen molar-refractivity contribution in [3.8, 4) is 0 Å². The van der Waals surface area contributed by atoms with Gasteiger partial charge in [-0.3, -0.25) is 0 Å². The molecule has 0 heterocycles. The summed E-state index contributed by atoms with van der Waals surface area (Å²) in [5.74, 6) is 0.543. The zero-order chi connectivity index (χ0) is 8.53. The Balaban J connectivity index is 3.02. The molecule has 66 valence electrons. The van der Waals surface area contributed by atoms with Gasteiger partial charge in [-0.25, -0.2) is 0 Å². The molecule has 0 rings (SSSR count). The SMILES string of the molecule is CC=C(O)CCCCCCC. The van der Waals surface area contributed by atoms with E-state index in [4.69, 9.17) is 5.11 Å². The highest BCUT2D eigenvalue weighted by atomic mass is 16.3. The Labute approximate surface area is 70.1 Å². The fourth-order valence-electron chi connectivity index (χ4n) is 1.05. The predicted octanol–water partition coefficient (Wildman–Crippen LogP) is 3.81. The minimum absolute atomic E-state index is 0.543. The molecular formula is C10H20O. The van der Waals surface area contributed by atoms with E-state index in [1.54, 1.807) is 6.08 Å². The highest BCUT2D eigenvalue weighted by Gasteiger charge is 1.91. The number of allylic oxidation sites excluding steroid dienone is 2. The van der Waals surface area contributed by atoms with Gasteiger partial charge in [-0.05, 0) is 19.4 Å². The van der Waals surface area contributed by atoms with E-state index in [9.17, 15) is 0 Å². The van der Waals surface area contributed by atoms with Crippen molar-refractivity contribution in [3.63, 3.8) is 0 Å². The highest BCUT2D eigenvalue weighted by molar-refractivity contribution is 4.86. The van der Waals surface area contributed by atoms with E-state index in [1.165, 1.54) is 25.7 Å². The summed E-state index contributed by atoms with van der Waals surface area (Å²) >= 11 is 0. The van der Waals surface area contributed by atoms with E-state index < -0.39 is 0 Å². The van der Waals surface area contributed by atoms with Crippen molar-refractivity contribution >= 4 is 0 Å². The lowest BCUT2D eigenvalue weighted by Crippen LogP contribution is -1.82. The van der Waals surface area contributed by atoms with Gasteiger partial charge in [-0.2, -0.15) is 0 Å². The van der Waals surface area contributed by atoms with Crippen LogP contribution in [0.5, 0.6) is 0 Å². The van der Waals surface area contributed by atoms with Gasteiger partial charge in [0.25, 0.3) is 0 Å². The van der Waals surface area contributed by atoms with Gasteiger partial charge in [0.2, 0.25) is 0 Å². The molecule has 0 unspecified atom stereocenters. The molecule has 0 atom stereocenters. The fourth-order valence-corrected chi connectivity index (χ4v) is 1.05. The van der Waals surface area contributed by atoms with Crippen LogP contribution in [0.4, 0.5) is 0 Å². The number of aliphatic hydroxyl groups is 1. The Hall–Kier alpha value is -0.460. The topological polar surface area (TPSA) is 20.2 Å². The monoisotopic (exact) mass is 156 g/mol. The average Bonchev–Trinajstić information content (AvgIpc) is 2.04. The molecule has 0 aromatic carbocycles. The zero-order valence-electron chi connectivity index (χ0n) is 7.77. The molecule has 0 bridgehead atoms. The quantitative estimate of drug-likeness (QED) is 0.458. The van der Waals surface area contributed by atoms with E-state index >= 15 is 0 Å². The lowest BCUT2D eigenvalue weighted by atomic mass is 10.1. The van der Waals surface area contributed by atoms with Crippen LogP contribution < -0.4 is 0 Å². The first kappa shape index (κ1) is 10.5. The largest absolute Gasteiger partial charge is 0.513 e. The Morgan fingerprint density at radius 3 is 2.36 bits per heavy atom. The highest BCUT2D eigenvalue weighted by Crippen LogP contribution is 2.08. The molecule has 0 aliphatic heterocycles. The summed E-state index contributed by atoms with van der Waals surface area (Å²) in [6.45, 7) is 4.09. The van der Waals surface area contributed by atoms with Gasteiger partial charge in [0.15, 0.2) is 0 Å². The van der Waals surface area contributed by atoms with Crippen molar-refractivity contribution < 1.29 is 5.11 Å². The molecule has 0 amide bonds. The van der Waals surface area contributed by atoms with Crippen molar-refractivity contribution in [1.29, 1.82) is 0 Å². The standard InChI is InChI=1S/C10H20O/c1-3-5-6-7-8-9-10(11)4-2/h4,11H,3,5-9H2,1-2H3. The second-order valence-corrected chi connectivity index (χ2v) is 2.94. The Kier molecular flexibility index (Phi) is 7.33. The summed E-state index contributed by atoms with van der Waals surface area (Å²) in [4.78, 5) is 0. The maximum absolute atomic E-state index is 9.08. The van der Waals surface area contributed by atoms with Crippen molar-refractivity contribution in [2.24, 2.45) is 0 Å². The van der Waals surface area contributed by atoms with Crippen LogP contribution >= 0.6 is 0 Å². The van der Waals surface area contributed by atoms with Crippen LogP contribution in [0.3, 0.4) is 0 Å². The number of hydrogen-bond donors (Lipinski definition) is 1. The average molecular weight is 156 g/mol. The maximum atomic E-state index is 9.08. The van der Waals surface area contributed by atoms with Gasteiger partial charge in [0, 0.05) is 6.42 Å². The molecule has 0 fully saturated rings. The van der Waals surface area contributed by atoms with E-state index in [0.29, 0.717) is 5.76 Å². The van der Waals surface area contributed by atoms with Crippen molar-refractivity contribution in [3.05, 3.63) is 11.8 Å². The summed E-state index contributed by atoms with van der Waals surface area (Å²) in [5, 5.41) is 9.08. The molecule has 0 radical (unpaired) electrons. The molecule has 0 aliphatic rings. The summed E-state index contributed by atoms with van der Waals surface area (Å²) < 4.78 is 0. The second-order valence-electron chi connectivity index (χ2n) is 2.94. The van der Waals surface area contributed by atoms with E-state index in [1.807, 2.05) is 6.92 Å². The number of rotatable bonds is 6. The van der Waals surface area contributed by atoms with E-state index in [2.05, 4.69) is 6.92 Å². The number of unbranched alkanes of at least 4 members (excludes halogenated alkanes) is 4. The van der Waals surface area contributed by atoms with Crippen molar-refractivity contribution in [2.45, 2.75) is 52.4 Å². The van der Waals surface area contributed by atoms with Crippen LogP contribution in [-0.2, 0) is 0 Å². The van der Waals surface area contributed by atoms with E-state index in [0.717, 1.165) is 12.8 Å². The molecule has 1 nitrogen and oxygen atoms in total. The van der Waals surface area contributed by atoms with Crippen LogP contribution in [0.2, 0.25) is 0 Å². The maximum Gasteiger partial charge on any atom is 0.0880 e. The third-order valence-corrected chi connectivity index (χ3v) is 1.87. The minimum atomic E-state index is 0.543. The van der Waals surface area contributed by atoms with Crippen molar-refractivity contribution in [2.75, 3.05) is 0 Å². The molecule has 0 aromatic rings. The summed E-state index contributed by atoms with van der Waals surface area (Å²) in [5.41, 5.74) is 0. The molecule has 1 heteroatoms. The molecule has 0 spiro atoms. The summed E-state index contributed by atoms with van der Waals surface area (Å²) in [6, 6.07) is 0. The van der Waals surface area contributed by atoms with Gasteiger partial charge in [0.05, 0.1) is 5.76 Å². The van der Waals surface area contributed by atoms with Gasteiger partial charge in [0.1, 0.15) is 0 Å². The third-order valence-electron chi connectivity index (χ3n) is 1.87. The second kappa shape index (κ2) is 7.64.